The van der Waals surface area contributed by atoms with Crippen molar-refractivity contribution in [3.05, 3.63) is 260 Å². The van der Waals surface area contributed by atoms with E-state index in [0.29, 0.717) is 5.82 Å². The van der Waals surface area contributed by atoms with Gasteiger partial charge in [-0.3, -0.25) is 0 Å². The van der Waals surface area contributed by atoms with Gasteiger partial charge in [0.1, 0.15) is 0 Å². The molecule has 0 spiro atoms. The van der Waals surface area contributed by atoms with E-state index in [-0.39, 0.29) is 17.5 Å². The number of hydrogen-bond donors (Lipinski definition) is 0. The zero-order valence-corrected chi connectivity index (χ0v) is 49.5. The van der Waals surface area contributed by atoms with E-state index in [1.165, 1.54) is 125 Å². The second-order valence-electron chi connectivity index (χ2n) is 26.4. The summed E-state index contributed by atoms with van der Waals surface area (Å²) in [4.78, 5) is 16.5. The third-order valence-corrected chi connectivity index (χ3v) is 19.4. The van der Waals surface area contributed by atoms with Gasteiger partial charge in [-0.15, -0.1) is 0 Å². The largest absolute Gasteiger partial charge is 0.311 e. The average Bonchev–Trinajstić information content (AvgIpc) is 0.687. The van der Waals surface area contributed by atoms with E-state index in [4.69, 9.17) is 9.97 Å². The molecule has 0 radical (unpaired) electrons. The van der Waals surface area contributed by atoms with Gasteiger partial charge in [0.2, 0.25) is 0 Å². The molecular weight excluding hydrogens is 1050 g/mol. The molecule has 410 valence electrons. The minimum absolute atomic E-state index is 0.0531. The van der Waals surface area contributed by atoms with Gasteiger partial charge < -0.3 is 9.80 Å². The SMILES string of the molecule is CC(C)(C)c1ccc(N2c3cc(-c4nc(-c5ccccc5)cc(-c5ccccc5)n4)cc4c3B(c3cc5c6cccc7cccc(c8cccc(c32)c85)c76)c2cc3c5cccc6cccc(c7cccc(c2N4c2ccc(C(C)(C)C)cc2)c73)c65)cc1. The first-order valence-corrected chi connectivity index (χ1v) is 30.7. The van der Waals surface area contributed by atoms with Crippen molar-refractivity contribution in [1.82, 2.24) is 9.97 Å². The van der Waals surface area contributed by atoms with Crippen molar-refractivity contribution >= 4 is 143 Å². The van der Waals surface area contributed by atoms with Crippen LogP contribution in [0.5, 0.6) is 0 Å². The molecular formula is C82H59BN4. The van der Waals surface area contributed by atoms with E-state index in [0.717, 1.165) is 50.8 Å². The van der Waals surface area contributed by atoms with Gasteiger partial charge in [-0.25, -0.2) is 9.97 Å². The van der Waals surface area contributed by atoms with Crippen LogP contribution in [0.4, 0.5) is 34.1 Å². The zero-order chi connectivity index (χ0) is 58.2. The molecule has 4 nitrogen and oxygen atoms in total. The smallest absolute Gasteiger partial charge is 0.252 e. The minimum Gasteiger partial charge on any atom is -0.311 e. The minimum atomic E-state index is -0.220. The third kappa shape index (κ3) is 7.26. The first-order chi connectivity index (χ1) is 42.4. The van der Waals surface area contributed by atoms with Crippen molar-refractivity contribution in [1.29, 1.82) is 0 Å². The zero-order valence-electron chi connectivity index (χ0n) is 49.5. The lowest BCUT2D eigenvalue weighted by Crippen LogP contribution is -2.61. The fraction of sp³-hybridized carbons (Fsp3) is 0.0976. The average molecular weight is 1110 g/mol. The van der Waals surface area contributed by atoms with Gasteiger partial charge in [-0.2, -0.15) is 0 Å². The van der Waals surface area contributed by atoms with Crippen LogP contribution in [0, 0.1) is 0 Å². The number of nitrogens with zero attached hydrogens (tertiary/aromatic N) is 4. The Morgan fingerprint density at radius 1 is 0.310 bits per heavy atom. The summed E-state index contributed by atoms with van der Waals surface area (Å²) < 4.78 is 0. The summed E-state index contributed by atoms with van der Waals surface area (Å²) in [6.07, 6.45) is 0. The second-order valence-corrected chi connectivity index (χ2v) is 26.4. The van der Waals surface area contributed by atoms with E-state index >= 15 is 0 Å². The summed E-state index contributed by atoms with van der Waals surface area (Å²) in [6, 6.07) is 93.9. The maximum Gasteiger partial charge on any atom is 0.252 e. The highest BCUT2D eigenvalue weighted by molar-refractivity contribution is 7.01. The number of aromatic nitrogens is 2. The number of anilines is 6. The molecule has 0 N–H and O–H groups in total. The Bertz CT molecular complexity index is 5180. The van der Waals surface area contributed by atoms with Crippen molar-refractivity contribution in [3.63, 3.8) is 0 Å². The fourth-order valence-corrected chi connectivity index (χ4v) is 15.4. The van der Waals surface area contributed by atoms with Gasteiger partial charge in [0.05, 0.1) is 11.4 Å². The normalized spacial score (nSPS) is 13.3. The molecule has 87 heavy (non-hydrogen) atoms. The summed E-state index contributed by atoms with van der Waals surface area (Å²) in [5, 5.41) is 20.3. The first-order valence-electron chi connectivity index (χ1n) is 30.7. The first kappa shape index (κ1) is 50.0. The summed E-state index contributed by atoms with van der Waals surface area (Å²) in [5.41, 5.74) is 17.8. The van der Waals surface area contributed by atoms with Crippen LogP contribution in [-0.2, 0) is 10.8 Å². The Balaban J connectivity index is 1.05. The molecule has 3 heterocycles. The lowest BCUT2D eigenvalue weighted by molar-refractivity contribution is 0.590. The van der Waals surface area contributed by atoms with Crippen LogP contribution in [0.3, 0.4) is 0 Å². The predicted octanol–water partition coefficient (Wildman–Crippen LogP) is 20.3. The predicted molar refractivity (Wildman–Crippen MR) is 372 cm³/mol. The van der Waals surface area contributed by atoms with Gasteiger partial charge in [-0.1, -0.05) is 248 Å². The highest BCUT2D eigenvalue weighted by Crippen LogP contribution is 2.53. The number of fused-ring (bicyclic) bond motifs is 10. The van der Waals surface area contributed by atoms with Crippen LogP contribution < -0.4 is 26.2 Å². The molecule has 0 aliphatic carbocycles. The van der Waals surface area contributed by atoms with Crippen LogP contribution >= 0.6 is 0 Å². The maximum absolute atomic E-state index is 5.64. The Morgan fingerprint density at radius 2 is 0.667 bits per heavy atom. The van der Waals surface area contributed by atoms with Gasteiger partial charge in [-0.05, 0) is 156 Å². The number of rotatable bonds is 5. The Labute approximate surface area is 506 Å². The van der Waals surface area contributed by atoms with E-state index in [2.05, 4.69) is 300 Å². The summed E-state index contributed by atoms with van der Waals surface area (Å²) in [6.45, 7) is 13.6. The highest BCUT2D eigenvalue weighted by Gasteiger charge is 2.46. The lowest BCUT2D eigenvalue weighted by atomic mass is 9.33. The molecule has 5 heteroatoms. The lowest BCUT2D eigenvalue weighted by Gasteiger charge is -2.45. The maximum atomic E-state index is 5.64. The van der Waals surface area contributed by atoms with Crippen molar-refractivity contribution in [3.8, 4) is 33.9 Å². The van der Waals surface area contributed by atoms with E-state index < -0.39 is 0 Å². The molecule has 18 rings (SSSR count). The van der Waals surface area contributed by atoms with Crippen LogP contribution in [0.25, 0.3) is 120 Å². The fourth-order valence-electron chi connectivity index (χ4n) is 15.4. The van der Waals surface area contributed by atoms with Gasteiger partial charge in [0, 0.05) is 61.6 Å². The van der Waals surface area contributed by atoms with Crippen LogP contribution in [0.15, 0.2) is 249 Å². The highest BCUT2D eigenvalue weighted by atomic mass is 15.2. The molecule has 0 saturated carbocycles. The third-order valence-electron chi connectivity index (χ3n) is 19.4. The van der Waals surface area contributed by atoms with Gasteiger partial charge in [0.15, 0.2) is 5.82 Å². The monoisotopic (exact) mass is 1110 g/mol. The Kier molecular flexibility index (Phi) is 10.4. The molecule has 0 bridgehead atoms. The molecule has 0 fully saturated rings. The van der Waals surface area contributed by atoms with Crippen LogP contribution in [0.2, 0.25) is 0 Å². The number of benzene rings is 15. The van der Waals surface area contributed by atoms with Crippen molar-refractivity contribution in [2.75, 3.05) is 9.80 Å². The van der Waals surface area contributed by atoms with E-state index in [1.807, 2.05) is 0 Å². The molecule has 15 aromatic carbocycles. The molecule has 0 amide bonds. The van der Waals surface area contributed by atoms with Crippen molar-refractivity contribution in [2.45, 2.75) is 52.4 Å². The molecule has 16 aromatic rings. The van der Waals surface area contributed by atoms with Gasteiger partial charge in [0.25, 0.3) is 6.71 Å². The molecule has 2 aliphatic rings. The summed E-state index contributed by atoms with van der Waals surface area (Å²) in [7, 11) is 0. The van der Waals surface area contributed by atoms with E-state index in [9.17, 15) is 0 Å². The second kappa shape index (κ2) is 18.1. The Morgan fingerprint density at radius 3 is 1.06 bits per heavy atom. The van der Waals surface area contributed by atoms with Crippen LogP contribution in [-0.4, -0.2) is 16.7 Å². The van der Waals surface area contributed by atoms with Gasteiger partial charge >= 0.3 is 0 Å². The van der Waals surface area contributed by atoms with Crippen molar-refractivity contribution < 1.29 is 0 Å². The molecule has 0 saturated heterocycles. The van der Waals surface area contributed by atoms with Crippen molar-refractivity contribution in [2.24, 2.45) is 0 Å². The Hall–Kier alpha value is -10.4. The van der Waals surface area contributed by atoms with Crippen LogP contribution in [0.1, 0.15) is 52.7 Å². The molecule has 1 aromatic heterocycles. The summed E-state index contributed by atoms with van der Waals surface area (Å²) in [5.74, 6) is 0.664. The quantitative estimate of drug-likeness (QED) is 0.0977. The topological polar surface area (TPSA) is 32.3 Å². The number of hydrogen-bond acceptors (Lipinski definition) is 4. The molecule has 2 aliphatic heterocycles. The molecule has 0 unspecified atom stereocenters. The standard InChI is InChI=1S/C82H59BN4/c1-81(2,3)53-35-39-55(40-36-53)86-71-43-52(80-84-69(48-19-9-7-10-20-48)47-70(85-80)49-21-11-8-12-22-49)44-72-77(71)83(67-45-65-61-29-15-25-50-23-13-27-57(73(50)61)59-31-17-33-63(75(59)65)78(67)86)68-46-66-62-30-16-26-51-24-14-28-58(74(51)62)60-32-18-34-64(76(60)66)79(68)87(72)56-41-37-54(38-42-56)82(4,5)6/h7-47H,1-6H3. The molecule has 0 atom stereocenters. The van der Waals surface area contributed by atoms with E-state index in [1.54, 1.807) is 0 Å². The summed E-state index contributed by atoms with van der Waals surface area (Å²) >= 11 is 0.